The van der Waals surface area contributed by atoms with Crippen LogP contribution in [0.4, 0.5) is 5.00 Å². The van der Waals surface area contributed by atoms with E-state index in [1.54, 1.807) is 17.5 Å². The molecule has 0 saturated carbocycles. The third kappa shape index (κ3) is 4.20. The molecule has 0 bridgehead atoms. The van der Waals surface area contributed by atoms with Crippen molar-refractivity contribution in [1.82, 2.24) is 0 Å². The number of carbonyl (C=O) groups is 3. The van der Waals surface area contributed by atoms with Crippen LogP contribution in [0.2, 0.25) is 0 Å². The van der Waals surface area contributed by atoms with Gasteiger partial charge in [0.2, 0.25) is 0 Å². The number of anilines is 1. The van der Waals surface area contributed by atoms with Crippen LogP contribution < -0.4 is 11.1 Å². The Morgan fingerprint density at radius 1 is 1.21 bits per heavy atom. The number of thiophene rings is 1. The van der Waals surface area contributed by atoms with Gasteiger partial charge in [0.25, 0.3) is 11.8 Å². The van der Waals surface area contributed by atoms with E-state index in [1.807, 2.05) is 19.1 Å². The average Bonchev–Trinajstić information content (AvgIpc) is 3.03. The first-order chi connectivity index (χ1) is 11.4. The number of amides is 2. The molecule has 1 heterocycles. The highest BCUT2D eigenvalue weighted by Crippen LogP contribution is 2.23. The first-order valence-corrected chi connectivity index (χ1v) is 8.28. The number of rotatable bonds is 6. The quantitative estimate of drug-likeness (QED) is 0.785. The summed E-state index contributed by atoms with van der Waals surface area (Å²) < 4.78 is 5.16. The van der Waals surface area contributed by atoms with Gasteiger partial charge in [-0.2, -0.15) is 0 Å². The fourth-order valence-corrected chi connectivity index (χ4v) is 2.77. The van der Waals surface area contributed by atoms with E-state index in [2.05, 4.69) is 5.32 Å². The summed E-state index contributed by atoms with van der Waals surface area (Å²) in [4.78, 5) is 35.4. The van der Waals surface area contributed by atoms with Gasteiger partial charge in [-0.3, -0.25) is 9.59 Å². The molecule has 3 N–H and O–H groups in total. The van der Waals surface area contributed by atoms with E-state index >= 15 is 0 Å². The fraction of sp³-hybridized carbons (Fsp3) is 0.235. The Kier molecular flexibility index (Phi) is 5.70. The van der Waals surface area contributed by atoms with Crippen LogP contribution in [0.3, 0.4) is 0 Å². The Bertz CT molecular complexity index is 752. The maximum atomic E-state index is 12.1. The van der Waals surface area contributed by atoms with E-state index in [4.69, 9.17) is 10.5 Å². The standard InChI is InChI=1S/C17H18N2O4S/c1-3-11-4-6-12(7-5-11)17(22)23-10(2)15(21)19-16-13(14(18)20)8-9-24-16/h4-10H,3H2,1-2H3,(H2,18,20)(H,19,21). The van der Waals surface area contributed by atoms with Crippen molar-refractivity contribution in [3.8, 4) is 0 Å². The van der Waals surface area contributed by atoms with Crippen molar-refractivity contribution in [2.75, 3.05) is 5.32 Å². The van der Waals surface area contributed by atoms with Crippen LogP contribution in [-0.2, 0) is 16.0 Å². The lowest BCUT2D eigenvalue weighted by Crippen LogP contribution is -2.30. The number of esters is 1. The van der Waals surface area contributed by atoms with Gasteiger partial charge in [-0.05, 0) is 42.5 Å². The number of benzene rings is 1. The van der Waals surface area contributed by atoms with Gasteiger partial charge in [0.15, 0.2) is 6.10 Å². The lowest BCUT2D eigenvalue weighted by molar-refractivity contribution is -0.123. The van der Waals surface area contributed by atoms with Crippen molar-refractivity contribution >= 4 is 34.1 Å². The van der Waals surface area contributed by atoms with E-state index in [-0.39, 0.29) is 5.56 Å². The maximum absolute atomic E-state index is 12.1. The number of ether oxygens (including phenoxy) is 1. The number of aryl methyl sites for hydroxylation is 1. The number of primary amides is 1. The molecule has 0 fully saturated rings. The molecule has 1 unspecified atom stereocenters. The monoisotopic (exact) mass is 346 g/mol. The summed E-state index contributed by atoms with van der Waals surface area (Å²) in [6, 6.07) is 8.53. The van der Waals surface area contributed by atoms with Crippen molar-refractivity contribution in [3.63, 3.8) is 0 Å². The Balaban J connectivity index is 1.98. The molecule has 1 aromatic carbocycles. The summed E-state index contributed by atoms with van der Waals surface area (Å²) in [6.07, 6.45) is -0.136. The number of hydrogen-bond acceptors (Lipinski definition) is 5. The van der Waals surface area contributed by atoms with Crippen molar-refractivity contribution in [2.45, 2.75) is 26.4 Å². The highest BCUT2D eigenvalue weighted by molar-refractivity contribution is 7.14. The maximum Gasteiger partial charge on any atom is 0.338 e. The minimum absolute atomic E-state index is 0.224. The molecule has 0 saturated heterocycles. The van der Waals surface area contributed by atoms with E-state index in [0.29, 0.717) is 10.6 Å². The van der Waals surface area contributed by atoms with E-state index in [0.717, 1.165) is 12.0 Å². The van der Waals surface area contributed by atoms with E-state index < -0.39 is 23.9 Å². The molecular formula is C17H18N2O4S. The smallest absolute Gasteiger partial charge is 0.338 e. The Morgan fingerprint density at radius 2 is 1.88 bits per heavy atom. The molecule has 2 amide bonds. The summed E-state index contributed by atoms with van der Waals surface area (Å²) in [7, 11) is 0. The van der Waals surface area contributed by atoms with Gasteiger partial charge in [-0.25, -0.2) is 4.79 Å². The van der Waals surface area contributed by atoms with E-state index in [9.17, 15) is 14.4 Å². The summed E-state index contributed by atoms with van der Waals surface area (Å²) >= 11 is 1.17. The van der Waals surface area contributed by atoms with Gasteiger partial charge in [0.1, 0.15) is 5.00 Å². The minimum atomic E-state index is -1.01. The van der Waals surface area contributed by atoms with Crippen molar-refractivity contribution in [1.29, 1.82) is 0 Å². The molecular weight excluding hydrogens is 328 g/mol. The van der Waals surface area contributed by atoms with Crippen LogP contribution in [-0.4, -0.2) is 23.9 Å². The number of hydrogen-bond donors (Lipinski definition) is 2. The van der Waals surface area contributed by atoms with Crippen LogP contribution in [0.15, 0.2) is 35.7 Å². The second-order valence-electron chi connectivity index (χ2n) is 5.11. The molecule has 24 heavy (non-hydrogen) atoms. The molecule has 2 aromatic rings. The Morgan fingerprint density at radius 3 is 2.46 bits per heavy atom. The molecule has 0 aliphatic heterocycles. The predicted molar refractivity (Wildman–Crippen MR) is 92.2 cm³/mol. The molecule has 126 valence electrons. The highest BCUT2D eigenvalue weighted by Gasteiger charge is 2.21. The Labute approximate surface area is 143 Å². The molecule has 6 nitrogen and oxygen atoms in total. The van der Waals surface area contributed by atoms with Gasteiger partial charge < -0.3 is 15.8 Å². The van der Waals surface area contributed by atoms with Gasteiger partial charge >= 0.3 is 5.97 Å². The minimum Gasteiger partial charge on any atom is -0.449 e. The lowest BCUT2D eigenvalue weighted by atomic mass is 10.1. The largest absolute Gasteiger partial charge is 0.449 e. The van der Waals surface area contributed by atoms with Crippen molar-refractivity contribution < 1.29 is 19.1 Å². The normalized spacial score (nSPS) is 11.6. The SMILES string of the molecule is CCc1ccc(C(=O)OC(C)C(=O)Nc2sccc2C(N)=O)cc1. The number of carbonyl (C=O) groups excluding carboxylic acids is 3. The van der Waals surface area contributed by atoms with Crippen LogP contribution >= 0.6 is 11.3 Å². The molecule has 1 aromatic heterocycles. The average molecular weight is 346 g/mol. The highest BCUT2D eigenvalue weighted by atomic mass is 32.1. The van der Waals surface area contributed by atoms with Crippen LogP contribution in [0, 0.1) is 0 Å². The van der Waals surface area contributed by atoms with Crippen molar-refractivity contribution in [3.05, 3.63) is 52.4 Å². The van der Waals surface area contributed by atoms with Crippen molar-refractivity contribution in [2.24, 2.45) is 5.73 Å². The van der Waals surface area contributed by atoms with Crippen LogP contribution in [0.5, 0.6) is 0 Å². The van der Waals surface area contributed by atoms with Gasteiger partial charge in [0, 0.05) is 0 Å². The number of nitrogens with one attached hydrogen (secondary N) is 1. The molecule has 1 atom stereocenters. The third-order valence-corrected chi connectivity index (χ3v) is 4.25. The Hall–Kier alpha value is -2.67. The molecule has 0 aliphatic carbocycles. The second kappa shape index (κ2) is 7.74. The van der Waals surface area contributed by atoms with Gasteiger partial charge in [-0.15, -0.1) is 11.3 Å². The topological polar surface area (TPSA) is 98.5 Å². The summed E-state index contributed by atoms with van der Waals surface area (Å²) in [5, 5.41) is 4.52. The van der Waals surface area contributed by atoms with Crippen LogP contribution in [0.1, 0.15) is 40.1 Å². The van der Waals surface area contributed by atoms with Crippen LogP contribution in [0.25, 0.3) is 0 Å². The molecule has 7 heteroatoms. The summed E-state index contributed by atoms with van der Waals surface area (Å²) in [6.45, 7) is 3.48. The van der Waals surface area contributed by atoms with Gasteiger partial charge in [-0.1, -0.05) is 19.1 Å². The molecule has 0 radical (unpaired) electrons. The fourth-order valence-electron chi connectivity index (χ4n) is 1.97. The first-order valence-electron chi connectivity index (χ1n) is 7.40. The third-order valence-electron chi connectivity index (χ3n) is 3.42. The number of nitrogens with two attached hydrogens (primary N) is 1. The van der Waals surface area contributed by atoms with Gasteiger partial charge in [0.05, 0.1) is 11.1 Å². The first kappa shape index (κ1) is 17.7. The molecule has 0 spiro atoms. The summed E-state index contributed by atoms with van der Waals surface area (Å²) in [5.41, 5.74) is 6.93. The zero-order valence-corrected chi connectivity index (χ0v) is 14.2. The molecule has 2 rings (SSSR count). The zero-order chi connectivity index (χ0) is 17.7. The summed E-state index contributed by atoms with van der Waals surface area (Å²) in [5.74, 6) is -1.74. The zero-order valence-electron chi connectivity index (χ0n) is 13.4. The predicted octanol–water partition coefficient (Wildman–Crippen LogP) is 2.59. The van der Waals surface area contributed by atoms with E-state index in [1.165, 1.54) is 24.3 Å². The molecule has 0 aliphatic rings. The second-order valence-corrected chi connectivity index (χ2v) is 6.03. The lowest BCUT2D eigenvalue weighted by Gasteiger charge is -2.13.